The van der Waals surface area contributed by atoms with Gasteiger partial charge in [-0.1, -0.05) is 18.2 Å². The van der Waals surface area contributed by atoms with Gasteiger partial charge in [-0.15, -0.1) is 0 Å². The first-order valence-corrected chi connectivity index (χ1v) is 13.4. The van der Waals surface area contributed by atoms with Crippen LogP contribution in [0.5, 0.6) is 0 Å². The Hall–Kier alpha value is -3.37. The summed E-state index contributed by atoms with van der Waals surface area (Å²) in [6.45, 7) is 2.49. The summed E-state index contributed by atoms with van der Waals surface area (Å²) in [6, 6.07) is 10.9. The summed E-state index contributed by atoms with van der Waals surface area (Å²) in [4.78, 5) is 27.4. The smallest absolute Gasteiger partial charge is 0.326 e. The zero-order valence-corrected chi connectivity index (χ0v) is 21.5. The van der Waals surface area contributed by atoms with Gasteiger partial charge in [0.1, 0.15) is 24.0 Å². The van der Waals surface area contributed by atoms with Crippen molar-refractivity contribution < 1.29 is 19.0 Å². The summed E-state index contributed by atoms with van der Waals surface area (Å²) in [6.07, 6.45) is 6.58. The maximum absolute atomic E-state index is 15.0. The van der Waals surface area contributed by atoms with Gasteiger partial charge in [0.05, 0.1) is 18.7 Å². The Morgan fingerprint density at radius 2 is 2.05 bits per heavy atom. The van der Waals surface area contributed by atoms with E-state index >= 15 is 0 Å². The first-order valence-electron chi connectivity index (χ1n) is 13.4. The van der Waals surface area contributed by atoms with Crippen molar-refractivity contribution in [2.24, 2.45) is 0 Å². The minimum Gasteiger partial charge on any atom is -0.480 e. The molecular weight excluding hydrogens is 487 g/mol. The average molecular weight is 523 g/mol. The number of carbonyl (C=O) groups is 1. The molecule has 0 amide bonds. The number of nitrogens with one attached hydrogen (secondary N) is 2. The molecule has 1 unspecified atom stereocenters. The molecule has 9 nitrogen and oxygen atoms in total. The molecule has 5 rings (SSSR count). The number of carboxylic acids is 1. The Morgan fingerprint density at radius 3 is 2.87 bits per heavy atom. The maximum Gasteiger partial charge on any atom is 0.326 e. The van der Waals surface area contributed by atoms with E-state index in [1.165, 1.54) is 11.9 Å². The molecule has 0 radical (unpaired) electrons. The standard InChI is InChI=1S/C28H35FN6O3/c29-28(17-38-18-28)16-35(14-4-3-7-21-11-10-20-6-5-13-30-25(20)33-21)15-12-24(27(36)37)34-26-22-8-1-2-9-23(22)31-19-32-26/h1-2,8-11,19,24H,3-7,12-18H2,(H,30,33)(H,36,37)(H,31,32,34). The predicted octanol–water partition coefficient (Wildman–Crippen LogP) is 3.70. The van der Waals surface area contributed by atoms with Gasteiger partial charge < -0.3 is 20.5 Å². The zero-order valence-electron chi connectivity index (χ0n) is 21.5. The van der Waals surface area contributed by atoms with E-state index < -0.39 is 17.7 Å². The number of rotatable bonds is 13. The minimum atomic E-state index is -1.37. The predicted molar refractivity (Wildman–Crippen MR) is 144 cm³/mol. The molecule has 4 heterocycles. The molecule has 1 aromatic carbocycles. The minimum absolute atomic E-state index is 0.0864. The van der Waals surface area contributed by atoms with Crippen LogP contribution in [0.2, 0.25) is 0 Å². The van der Waals surface area contributed by atoms with Crippen LogP contribution in [0.25, 0.3) is 10.9 Å². The van der Waals surface area contributed by atoms with E-state index in [4.69, 9.17) is 9.72 Å². The van der Waals surface area contributed by atoms with Gasteiger partial charge in [-0.25, -0.2) is 24.1 Å². The number of hydrogen-bond donors (Lipinski definition) is 3. The van der Waals surface area contributed by atoms with Crippen molar-refractivity contribution in [1.29, 1.82) is 0 Å². The second kappa shape index (κ2) is 12.0. The fourth-order valence-corrected chi connectivity index (χ4v) is 5.09. The van der Waals surface area contributed by atoms with Crippen LogP contribution in [-0.2, 0) is 22.4 Å². The molecule has 1 saturated heterocycles. The lowest BCUT2D eigenvalue weighted by Crippen LogP contribution is -2.54. The van der Waals surface area contributed by atoms with Crippen molar-refractivity contribution in [2.45, 2.75) is 50.2 Å². The van der Waals surface area contributed by atoms with E-state index in [2.05, 4.69) is 32.7 Å². The second-order valence-electron chi connectivity index (χ2n) is 10.3. The van der Waals surface area contributed by atoms with Gasteiger partial charge in [-0.05, 0) is 68.8 Å². The number of anilines is 2. The van der Waals surface area contributed by atoms with E-state index in [1.807, 2.05) is 29.2 Å². The average Bonchev–Trinajstić information content (AvgIpc) is 2.92. The summed E-state index contributed by atoms with van der Waals surface area (Å²) < 4.78 is 20.1. The summed E-state index contributed by atoms with van der Waals surface area (Å²) in [5.41, 5.74) is 1.70. The number of ether oxygens (including phenoxy) is 1. The molecule has 3 N–H and O–H groups in total. The summed E-state index contributed by atoms with van der Waals surface area (Å²) >= 11 is 0. The zero-order chi connectivity index (χ0) is 26.4. The molecule has 0 spiro atoms. The Morgan fingerprint density at radius 1 is 1.18 bits per heavy atom. The third-order valence-electron chi connectivity index (χ3n) is 7.22. The molecular formula is C28H35FN6O3. The SMILES string of the molecule is O=C(O)C(CCN(CCCCc1ccc2c(n1)NCCC2)CC1(F)COC1)Nc1ncnc2ccccc12. The number of alkyl halides is 1. The molecule has 0 saturated carbocycles. The van der Waals surface area contributed by atoms with Crippen LogP contribution < -0.4 is 10.6 Å². The van der Waals surface area contributed by atoms with Crippen molar-refractivity contribution in [2.75, 3.05) is 50.0 Å². The lowest BCUT2D eigenvalue weighted by Gasteiger charge is -2.38. The molecule has 1 fully saturated rings. The van der Waals surface area contributed by atoms with Gasteiger partial charge in [-0.3, -0.25) is 4.90 Å². The van der Waals surface area contributed by atoms with Crippen LogP contribution >= 0.6 is 0 Å². The molecule has 0 bridgehead atoms. The molecule has 1 atom stereocenters. The van der Waals surface area contributed by atoms with Crippen LogP contribution in [0, 0.1) is 0 Å². The molecule has 38 heavy (non-hydrogen) atoms. The number of hydrogen-bond acceptors (Lipinski definition) is 8. The topological polar surface area (TPSA) is 112 Å². The Balaban J connectivity index is 1.17. The van der Waals surface area contributed by atoms with Crippen molar-refractivity contribution in [3.05, 3.63) is 54.0 Å². The van der Waals surface area contributed by atoms with Crippen molar-refractivity contribution >= 4 is 28.5 Å². The molecule has 3 aromatic rings. The third kappa shape index (κ3) is 6.54. The van der Waals surface area contributed by atoms with Crippen molar-refractivity contribution in [1.82, 2.24) is 19.9 Å². The quantitative estimate of drug-likeness (QED) is 0.289. The van der Waals surface area contributed by atoms with E-state index in [9.17, 15) is 14.3 Å². The normalized spacial score (nSPS) is 16.9. The molecule has 2 aliphatic heterocycles. The first-order chi connectivity index (χ1) is 18.5. The maximum atomic E-state index is 15.0. The van der Waals surface area contributed by atoms with Crippen molar-refractivity contribution in [3.8, 4) is 0 Å². The van der Waals surface area contributed by atoms with Gasteiger partial charge in [0.15, 0.2) is 5.67 Å². The van der Waals surface area contributed by atoms with Crippen LogP contribution in [0.3, 0.4) is 0 Å². The highest BCUT2D eigenvalue weighted by Gasteiger charge is 2.40. The van der Waals surface area contributed by atoms with E-state index in [0.717, 1.165) is 61.1 Å². The summed E-state index contributed by atoms with van der Waals surface area (Å²) in [7, 11) is 0. The fraction of sp³-hybridized carbons (Fsp3) is 0.500. The first kappa shape index (κ1) is 26.2. The number of aromatic nitrogens is 3. The number of aryl methyl sites for hydroxylation is 2. The van der Waals surface area contributed by atoms with Crippen LogP contribution in [0.4, 0.5) is 16.0 Å². The lowest BCUT2D eigenvalue weighted by molar-refractivity contribution is -0.142. The number of carboxylic acid groups (broad SMARTS) is 1. The molecule has 0 aliphatic carbocycles. The summed E-state index contributed by atoms with van der Waals surface area (Å²) in [5.74, 6) is 0.515. The number of aliphatic carboxylic acids is 1. The van der Waals surface area contributed by atoms with E-state index in [0.29, 0.717) is 25.3 Å². The molecule has 202 valence electrons. The van der Waals surface area contributed by atoms with E-state index in [-0.39, 0.29) is 19.8 Å². The summed E-state index contributed by atoms with van der Waals surface area (Å²) in [5, 5.41) is 17.1. The number of benzene rings is 1. The van der Waals surface area contributed by atoms with Crippen LogP contribution in [-0.4, -0.2) is 82.0 Å². The van der Waals surface area contributed by atoms with Gasteiger partial charge in [0.2, 0.25) is 0 Å². The van der Waals surface area contributed by atoms with Gasteiger partial charge in [0.25, 0.3) is 0 Å². The largest absolute Gasteiger partial charge is 0.480 e. The Bertz CT molecular complexity index is 1250. The lowest BCUT2D eigenvalue weighted by atomic mass is 10.0. The van der Waals surface area contributed by atoms with Gasteiger partial charge in [-0.2, -0.15) is 0 Å². The molecule has 2 aromatic heterocycles. The molecule has 2 aliphatic rings. The number of pyridine rings is 1. The van der Waals surface area contributed by atoms with Crippen molar-refractivity contribution in [3.63, 3.8) is 0 Å². The van der Waals surface area contributed by atoms with Gasteiger partial charge in [0, 0.05) is 30.7 Å². The number of fused-ring (bicyclic) bond motifs is 2. The number of unbranched alkanes of at least 4 members (excludes halogenated alkanes) is 1. The van der Waals surface area contributed by atoms with Crippen LogP contribution in [0.15, 0.2) is 42.7 Å². The highest BCUT2D eigenvalue weighted by Crippen LogP contribution is 2.25. The Kier molecular flexibility index (Phi) is 8.29. The number of nitrogens with zero attached hydrogens (tertiary/aromatic N) is 4. The number of para-hydroxylation sites is 1. The monoisotopic (exact) mass is 522 g/mol. The molecule has 10 heteroatoms. The van der Waals surface area contributed by atoms with Crippen LogP contribution in [0.1, 0.15) is 36.9 Å². The third-order valence-corrected chi connectivity index (χ3v) is 7.22. The highest BCUT2D eigenvalue weighted by molar-refractivity contribution is 5.90. The van der Waals surface area contributed by atoms with E-state index in [1.54, 1.807) is 0 Å². The van der Waals surface area contributed by atoms with Gasteiger partial charge >= 0.3 is 5.97 Å². The fourth-order valence-electron chi connectivity index (χ4n) is 5.09. The number of halogens is 1. The highest BCUT2D eigenvalue weighted by atomic mass is 19.1. The second-order valence-corrected chi connectivity index (χ2v) is 10.3. The Labute approximate surface area is 221 Å².